The van der Waals surface area contributed by atoms with Crippen LogP contribution < -0.4 is 15.5 Å². The smallest absolute Gasteiger partial charge is 0.225 e. The Morgan fingerprint density at radius 2 is 1.67 bits per heavy atom. The van der Waals surface area contributed by atoms with Crippen LogP contribution in [-0.2, 0) is 0 Å². The van der Waals surface area contributed by atoms with E-state index in [2.05, 4.69) is 62.0 Å². The summed E-state index contributed by atoms with van der Waals surface area (Å²) in [7, 11) is 4.05. The third-order valence-electron chi connectivity index (χ3n) is 8.67. The number of nitrogens with zero attached hydrogens (tertiary/aromatic N) is 3. The van der Waals surface area contributed by atoms with Crippen molar-refractivity contribution >= 4 is 55.3 Å². The molecular formula is C35H39BrN6O. The second kappa shape index (κ2) is 13.3. The van der Waals surface area contributed by atoms with E-state index < -0.39 is 0 Å². The molecule has 3 N–H and O–H groups in total. The maximum atomic E-state index is 13.3. The second-order valence-electron chi connectivity index (χ2n) is 11.9. The van der Waals surface area contributed by atoms with E-state index in [4.69, 9.17) is 9.97 Å². The van der Waals surface area contributed by atoms with Crippen LogP contribution in [0.4, 0.5) is 11.8 Å². The van der Waals surface area contributed by atoms with E-state index in [-0.39, 0.29) is 11.7 Å². The van der Waals surface area contributed by atoms with Crippen LogP contribution in [0.15, 0.2) is 83.5 Å². The van der Waals surface area contributed by atoms with Gasteiger partial charge in [-0.3, -0.25) is 4.79 Å². The quantitative estimate of drug-likeness (QED) is 0.129. The molecule has 7 nitrogen and oxygen atoms in total. The molecule has 2 heterocycles. The van der Waals surface area contributed by atoms with Crippen molar-refractivity contribution in [3.63, 3.8) is 0 Å². The SMILES string of the molecule is CN(C)c1nc(N[C@H]2CC[C@@H](CNCC(CC(=O)c3ccc(Br)cc3)c3c[nH]c4ccccc34)CC2)nc2ccccc12. The summed E-state index contributed by atoms with van der Waals surface area (Å²) in [5.41, 5.74) is 4.03. The standard InChI is InChI=1S/C35H39BrN6O/c1-42(2)34-29-8-4-6-10-32(29)40-35(41-34)39-27-17-11-23(12-18-27)20-37-21-25(19-33(43)24-13-15-26(36)16-14-24)30-22-38-31-9-5-3-7-28(30)31/h3-10,13-16,22-23,25,27,37-38H,11-12,17-21H2,1-2H3,(H,39,40,41)/t23-,25?,27+. The molecule has 1 atom stereocenters. The number of aromatic nitrogens is 3. The number of Topliss-reactive ketones (excluding diaryl/α,β-unsaturated/α-hetero) is 1. The predicted molar refractivity (Wildman–Crippen MR) is 180 cm³/mol. The van der Waals surface area contributed by atoms with Crippen LogP contribution in [0, 0.1) is 5.92 Å². The van der Waals surface area contributed by atoms with E-state index in [1.165, 1.54) is 10.9 Å². The van der Waals surface area contributed by atoms with Gasteiger partial charge in [-0.15, -0.1) is 0 Å². The molecule has 222 valence electrons. The number of fused-ring (bicyclic) bond motifs is 2. The number of para-hydroxylation sites is 2. The average molecular weight is 640 g/mol. The first-order chi connectivity index (χ1) is 20.9. The molecule has 0 spiro atoms. The Labute approximate surface area is 261 Å². The number of anilines is 2. The van der Waals surface area contributed by atoms with Crippen LogP contribution in [0.1, 0.15) is 53.9 Å². The number of carbonyl (C=O) groups excluding carboxylic acids is 1. The predicted octanol–water partition coefficient (Wildman–Crippen LogP) is 7.56. The molecule has 0 saturated heterocycles. The van der Waals surface area contributed by atoms with E-state index in [0.29, 0.717) is 24.3 Å². The molecule has 0 radical (unpaired) electrons. The first-order valence-electron chi connectivity index (χ1n) is 15.2. The van der Waals surface area contributed by atoms with Crippen molar-refractivity contribution in [1.82, 2.24) is 20.3 Å². The number of carbonyl (C=O) groups is 1. The highest BCUT2D eigenvalue weighted by Crippen LogP contribution is 2.31. The Morgan fingerprint density at radius 3 is 2.44 bits per heavy atom. The van der Waals surface area contributed by atoms with E-state index >= 15 is 0 Å². The highest BCUT2D eigenvalue weighted by Gasteiger charge is 2.24. The Bertz CT molecular complexity index is 1690. The molecule has 0 bridgehead atoms. The van der Waals surface area contributed by atoms with E-state index in [1.54, 1.807) is 0 Å². The Morgan fingerprint density at radius 1 is 0.953 bits per heavy atom. The fourth-order valence-corrected chi connectivity index (χ4v) is 6.59. The molecular weight excluding hydrogens is 600 g/mol. The van der Waals surface area contributed by atoms with Gasteiger partial charge >= 0.3 is 0 Å². The fraction of sp³-hybridized carbons (Fsp3) is 0.343. The summed E-state index contributed by atoms with van der Waals surface area (Å²) in [6.07, 6.45) is 7.03. The minimum Gasteiger partial charge on any atom is -0.362 e. The molecule has 1 unspecified atom stereocenters. The van der Waals surface area contributed by atoms with Crippen LogP contribution in [0.5, 0.6) is 0 Å². The molecule has 8 heteroatoms. The lowest BCUT2D eigenvalue weighted by Gasteiger charge is -2.30. The zero-order valence-electron chi connectivity index (χ0n) is 24.8. The molecule has 1 fully saturated rings. The lowest BCUT2D eigenvalue weighted by Crippen LogP contribution is -2.33. The normalized spacial score (nSPS) is 17.7. The van der Waals surface area contributed by atoms with E-state index in [1.807, 2.05) is 67.5 Å². The number of aromatic amines is 1. The Hall–Kier alpha value is -3.75. The van der Waals surface area contributed by atoms with Crippen molar-refractivity contribution in [2.45, 2.75) is 44.1 Å². The Balaban J connectivity index is 1.06. The summed E-state index contributed by atoms with van der Waals surface area (Å²) in [4.78, 5) is 28.4. The number of nitrogens with one attached hydrogen (secondary N) is 3. The highest BCUT2D eigenvalue weighted by atomic mass is 79.9. The van der Waals surface area contributed by atoms with Crippen LogP contribution in [0.3, 0.4) is 0 Å². The molecule has 1 saturated carbocycles. The number of H-pyrrole nitrogens is 1. The van der Waals surface area contributed by atoms with Gasteiger partial charge in [0.15, 0.2) is 5.78 Å². The molecule has 1 aliphatic rings. The zero-order valence-corrected chi connectivity index (χ0v) is 26.4. The molecule has 6 rings (SSSR count). The third-order valence-corrected chi connectivity index (χ3v) is 9.20. The molecule has 5 aromatic rings. The molecule has 43 heavy (non-hydrogen) atoms. The number of benzene rings is 3. The minimum absolute atomic E-state index is 0.0845. The first-order valence-corrected chi connectivity index (χ1v) is 16.0. The van der Waals surface area contributed by atoms with E-state index in [9.17, 15) is 4.79 Å². The van der Waals surface area contributed by atoms with Crippen molar-refractivity contribution in [3.05, 3.63) is 94.6 Å². The number of ketones is 1. The maximum absolute atomic E-state index is 13.3. The highest BCUT2D eigenvalue weighted by molar-refractivity contribution is 9.10. The van der Waals surface area contributed by atoms with Crippen LogP contribution in [0.2, 0.25) is 0 Å². The van der Waals surface area contributed by atoms with Gasteiger partial charge in [0.2, 0.25) is 5.95 Å². The number of hydrogen-bond donors (Lipinski definition) is 3. The van der Waals surface area contributed by atoms with Gasteiger partial charge in [0.25, 0.3) is 0 Å². The van der Waals surface area contributed by atoms with Gasteiger partial charge in [0, 0.05) is 71.5 Å². The lowest BCUT2D eigenvalue weighted by molar-refractivity contribution is 0.0973. The van der Waals surface area contributed by atoms with Gasteiger partial charge in [-0.1, -0.05) is 58.4 Å². The summed E-state index contributed by atoms with van der Waals surface area (Å²) >= 11 is 3.48. The monoisotopic (exact) mass is 638 g/mol. The lowest BCUT2D eigenvalue weighted by atomic mass is 9.85. The second-order valence-corrected chi connectivity index (χ2v) is 12.8. The van der Waals surface area contributed by atoms with Gasteiger partial charge < -0.3 is 20.5 Å². The van der Waals surface area contributed by atoms with Crippen LogP contribution in [0.25, 0.3) is 21.8 Å². The van der Waals surface area contributed by atoms with Crippen LogP contribution >= 0.6 is 15.9 Å². The summed E-state index contributed by atoms with van der Waals surface area (Å²) in [6.45, 7) is 1.72. The molecule has 3 aromatic carbocycles. The first kappa shape index (κ1) is 29.3. The summed E-state index contributed by atoms with van der Waals surface area (Å²) < 4.78 is 0.979. The van der Waals surface area contributed by atoms with E-state index in [0.717, 1.165) is 71.0 Å². The molecule has 1 aliphatic carbocycles. The van der Waals surface area contributed by atoms with Crippen molar-refractivity contribution < 1.29 is 4.79 Å². The Kier molecular flexibility index (Phi) is 9.05. The molecule has 0 aliphatic heterocycles. The largest absolute Gasteiger partial charge is 0.362 e. The van der Waals surface area contributed by atoms with Gasteiger partial charge in [-0.25, -0.2) is 4.98 Å². The van der Waals surface area contributed by atoms with Crippen molar-refractivity contribution in [2.24, 2.45) is 5.92 Å². The van der Waals surface area contributed by atoms with Crippen LogP contribution in [-0.4, -0.2) is 54.0 Å². The number of rotatable bonds is 11. The number of halogens is 1. The van der Waals surface area contributed by atoms with Crippen molar-refractivity contribution in [1.29, 1.82) is 0 Å². The van der Waals surface area contributed by atoms with Gasteiger partial charge in [-0.05, 0) is 74.0 Å². The van der Waals surface area contributed by atoms with Gasteiger partial charge in [0.1, 0.15) is 5.82 Å². The molecule has 0 amide bonds. The minimum atomic E-state index is 0.0845. The molecule has 2 aromatic heterocycles. The third kappa shape index (κ3) is 6.92. The average Bonchev–Trinajstić information content (AvgIpc) is 3.45. The fourth-order valence-electron chi connectivity index (χ4n) is 6.32. The maximum Gasteiger partial charge on any atom is 0.225 e. The van der Waals surface area contributed by atoms with Crippen molar-refractivity contribution in [3.8, 4) is 0 Å². The zero-order chi connectivity index (χ0) is 29.8. The summed E-state index contributed by atoms with van der Waals surface area (Å²) in [6, 6.07) is 24.6. The van der Waals surface area contributed by atoms with Gasteiger partial charge in [-0.2, -0.15) is 4.98 Å². The topological polar surface area (TPSA) is 85.9 Å². The van der Waals surface area contributed by atoms with Crippen molar-refractivity contribution in [2.75, 3.05) is 37.4 Å². The summed E-state index contributed by atoms with van der Waals surface area (Å²) in [5.74, 6) is 2.51. The number of hydrogen-bond acceptors (Lipinski definition) is 6. The van der Waals surface area contributed by atoms with Gasteiger partial charge in [0.05, 0.1) is 5.52 Å². The summed E-state index contributed by atoms with van der Waals surface area (Å²) in [5, 5.41) is 9.64.